The summed E-state index contributed by atoms with van der Waals surface area (Å²) in [4.78, 5) is 0. The molecule has 0 aromatic heterocycles. The van der Waals surface area contributed by atoms with Crippen molar-refractivity contribution in [1.82, 2.24) is 0 Å². The second kappa shape index (κ2) is 10.4. The number of hydrogen-bond donors (Lipinski definition) is 1. The zero-order valence-electron chi connectivity index (χ0n) is 13.9. The molecule has 118 valence electrons. The molecule has 0 bridgehead atoms. The Morgan fingerprint density at radius 1 is 0.700 bits per heavy atom. The topological polar surface area (TPSA) is 20.2 Å². The molecule has 1 aliphatic carbocycles. The molecule has 1 N–H and O–H groups in total. The lowest BCUT2D eigenvalue weighted by Crippen LogP contribution is -2.30. The Bertz CT molecular complexity index is 251. The Kier molecular flexibility index (Phi) is 9.26. The van der Waals surface area contributed by atoms with Crippen molar-refractivity contribution >= 4 is 0 Å². The van der Waals surface area contributed by atoms with E-state index in [4.69, 9.17) is 0 Å². The Hall–Kier alpha value is -0.300. The molecular formula is C19H36O. The van der Waals surface area contributed by atoms with Gasteiger partial charge in [-0.05, 0) is 32.3 Å². The monoisotopic (exact) mass is 280 g/mol. The van der Waals surface area contributed by atoms with Crippen molar-refractivity contribution in [2.75, 3.05) is 0 Å². The van der Waals surface area contributed by atoms with E-state index in [9.17, 15) is 5.11 Å². The number of hydrogen-bond acceptors (Lipinski definition) is 1. The first-order chi connectivity index (χ1) is 9.69. The second-order valence-corrected chi connectivity index (χ2v) is 6.75. The largest absolute Gasteiger partial charge is 0.386 e. The van der Waals surface area contributed by atoms with Gasteiger partial charge in [-0.1, -0.05) is 83.1 Å². The van der Waals surface area contributed by atoms with Crippen molar-refractivity contribution in [3.05, 3.63) is 11.6 Å². The van der Waals surface area contributed by atoms with Gasteiger partial charge in [-0.25, -0.2) is 0 Å². The molecule has 20 heavy (non-hydrogen) atoms. The smallest absolute Gasteiger partial charge is 0.0854 e. The summed E-state index contributed by atoms with van der Waals surface area (Å²) in [6, 6.07) is 0. The van der Waals surface area contributed by atoms with E-state index in [0.717, 1.165) is 12.8 Å². The van der Waals surface area contributed by atoms with Crippen LogP contribution in [0.2, 0.25) is 0 Å². The van der Waals surface area contributed by atoms with Gasteiger partial charge < -0.3 is 5.11 Å². The van der Waals surface area contributed by atoms with Gasteiger partial charge in [0, 0.05) is 0 Å². The third-order valence-corrected chi connectivity index (χ3v) is 5.10. The molecule has 1 saturated carbocycles. The quantitative estimate of drug-likeness (QED) is 0.570. The number of aliphatic hydroxyl groups is 1. The van der Waals surface area contributed by atoms with Gasteiger partial charge in [0.15, 0.2) is 0 Å². The Morgan fingerprint density at radius 3 is 1.30 bits per heavy atom. The summed E-state index contributed by atoms with van der Waals surface area (Å²) < 4.78 is 0. The van der Waals surface area contributed by atoms with Gasteiger partial charge in [-0.2, -0.15) is 0 Å². The van der Waals surface area contributed by atoms with Gasteiger partial charge in [0.2, 0.25) is 0 Å². The van der Waals surface area contributed by atoms with Crippen molar-refractivity contribution < 1.29 is 5.11 Å². The van der Waals surface area contributed by atoms with E-state index in [1.165, 1.54) is 82.6 Å². The zero-order valence-corrected chi connectivity index (χ0v) is 13.9. The normalized spacial score (nSPS) is 24.6. The van der Waals surface area contributed by atoms with Gasteiger partial charge in [-0.3, -0.25) is 0 Å². The lowest BCUT2D eigenvalue weighted by molar-refractivity contribution is 0.0540. The van der Waals surface area contributed by atoms with Crippen LogP contribution in [0.5, 0.6) is 0 Å². The van der Waals surface area contributed by atoms with E-state index in [1.54, 1.807) is 0 Å². The van der Waals surface area contributed by atoms with Crippen LogP contribution in [0.1, 0.15) is 104 Å². The molecule has 0 heterocycles. The molecule has 1 rings (SSSR count). The van der Waals surface area contributed by atoms with Gasteiger partial charge >= 0.3 is 0 Å². The first-order valence-electron chi connectivity index (χ1n) is 9.05. The highest BCUT2D eigenvalue weighted by Gasteiger charge is 2.27. The molecule has 1 aliphatic rings. The van der Waals surface area contributed by atoms with E-state index in [-0.39, 0.29) is 0 Å². The molecular weight excluding hydrogens is 244 g/mol. The highest BCUT2D eigenvalue weighted by molar-refractivity contribution is 5.12. The lowest BCUT2D eigenvalue weighted by Gasteiger charge is -2.29. The van der Waals surface area contributed by atoms with Crippen LogP contribution in [0.25, 0.3) is 0 Å². The molecule has 0 aliphatic heterocycles. The van der Waals surface area contributed by atoms with E-state index in [1.807, 2.05) is 0 Å². The van der Waals surface area contributed by atoms with Gasteiger partial charge in [0.1, 0.15) is 0 Å². The Morgan fingerprint density at radius 2 is 1.00 bits per heavy atom. The summed E-state index contributed by atoms with van der Waals surface area (Å²) in [5, 5.41) is 10.9. The van der Waals surface area contributed by atoms with E-state index < -0.39 is 5.60 Å². The predicted molar refractivity (Wildman–Crippen MR) is 89.0 cm³/mol. The molecule has 0 aromatic carbocycles. The van der Waals surface area contributed by atoms with E-state index >= 15 is 0 Å². The van der Waals surface area contributed by atoms with Crippen LogP contribution < -0.4 is 0 Å². The molecule has 0 spiro atoms. The summed E-state index contributed by atoms with van der Waals surface area (Å²) in [5.74, 6) is 0. The van der Waals surface area contributed by atoms with Crippen molar-refractivity contribution in [2.45, 2.75) is 109 Å². The molecule has 0 unspecified atom stereocenters. The average molecular weight is 280 g/mol. The standard InChI is InChI=1S/C19H36O/c1-3-18(2)19(20)16-14-12-10-8-6-4-5-7-9-11-13-15-17-19/h3,20H,4-17H2,1-2H3/b18-3+. The molecule has 0 saturated heterocycles. The first-order valence-corrected chi connectivity index (χ1v) is 9.05. The van der Waals surface area contributed by atoms with Crippen molar-refractivity contribution in [2.24, 2.45) is 0 Å². The third-order valence-electron chi connectivity index (χ3n) is 5.10. The van der Waals surface area contributed by atoms with Crippen LogP contribution in [0.15, 0.2) is 11.6 Å². The molecule has 0 amide bonds. The molecule has 1 fully saturated rings. The summed E-state index contributed by atoms with van der Waals surface area (Å²) in [6.07, 6.45) is 20.2. The maximum atomic E-state index is 10.9. The fourth-order valence-corrected chi connectivity index (χ4v) is 3.39. The second-order valence-electron chi connectivity index (χ2n) is 6.75. The highest BCUT2D eigenvalue weighted by atomic mass is 16.3. The van der Waals surface area contributed by atoms with Crippen molar-refractivity contribution in [1.29, 1.82) is 0 Å². The lowest BCUT2D eigenvalue weighted by atomic mass is 9.84. The molecule has 1 heteroatoms. The van der Waals surface area contributed by atoms with Crippen LogP contribution in [-0.2, 0) is 0 Å². The predicted octanol–water partition coefficient (Wildman–Crippen LogP) is 6.16. The summed E-state index contributed by atoms with van der Waals surface area (Å²) in [6.45, 7) is 4.16. The minimum atomic E-state index is -0.519. The number of allylic oxidation sites excluding steroid dienone is 1. The number of rotatable bonds is 1. The van der Waals surface area contributed by atoms with Crippen molar-refractivity contribution in [3.8, 4) is 0 Å². The summed E-state index contributed by atoms with van der Waals surface area (Å²) in [7, 11) is 0. The first kappa shape index (κ1) is 17.8. The molecule has 0 aromatic rings. The summed E-state index contributed by atoms with van der Waals surface area (Å²) in [5.41, 5.74) is 0.663. The van der Waals surface area contributed by atoms with E-state index in [2.05, 4.69) is 19.9 Å². The molecule has 0 radical (unpaired) electrons. The molecule has 1 nitrogen and oxygen atoms in total. The average Bonchev–Trinajstić information content (AvgIpc) is 2.46. The minimum absolute atomic E-state index is 0.519. The Labute approximate surface area is 126 Å². The SMILES string of the molecule is C/C=C(\C)C1(O)CCCCCCCCCCCCCC1. The fraction of sp³-hybridized carbons (Fsp3) is 0.895. The van der Waals surface area contributed by atoms with Gasteiger partial charge in [-0.15, -0.1) is 0 Å². The third kappa shape index (κ3) is 6.92. The molecule has 0 atom stereocenters. The van der Waals surface area contributed by atoms with Crippen LogP contribution in [0.3, 0.4) is 0 Å². The van der Waals surface area contributed by atoms with Gasteiger partial charge in [0.25, 0.3) is 0 Å². The zero-order chi connectivity index (χ0) is 14.7. The van der Waals surface area contributed by atoms with Gasteiger partial charge in [0.05, 0.1) is 5.60 Å². The van der Waals surface area contributed by atoms with Crippen LogP contribution in [0, 0.1) is 0 Å². The van der Waals surface area contributed by atoms with Crippen LogP contribution >= 0.6 is 0 Å². The minimum Gasteiger partial charge on any atom is -0.386 e. The van der Waals surface area contributed by atoms with Crippen LogP contribution in [0.4, 0.5) is 0 Å². The maximum Gasteiger partial charge on any atom is 0.0854 e. The van der Waals surface area contributed by atoms with E-state index in [0.29, 0.717) is 0 Å². The Balaban J connectivity index is 2.48. The maximum absolute atomic E-state index is 10.9. The fourth-order valence-electron chi connectivity index (χ4n) is 3.39. The van der Waals surface area contributed by atoms with Crippen LogP contribution in [-0.4, -0.2) is 10.7 Å². The van der Waals surface area contributed by atoms with Crippen molar-refractivity contribution in [3.63, 3.8) is 0 Å². The summed E-state index contributed by atoms with van der Waals surface area (Å²) >= 11 is 0. The highest BCUT2D eigenvalue weighted by Crippen LogP contribution is 2.30.